The molecule has 1 unspecified atom stereocenters. The van der Waals surface area contributed by atoms with Gasteiger partial charge in [-0.2, -0.15) is 0 Å². The number of hydrogen-bond acceptors (Lipinski definition) is 2. The van der Waals surface area contributed by atoms with E-state index < -0.39 is 5.72 Å². The summed E-state index contributed by atoms with van der Waals surface area (Å²) >= 11 is 0. The highest BCUT2D eigenvalue weighted by Gasteiger charge is 2.37. The van der Waals surface area contributed by atoms with Crippen LogP contribution in [0.5, 0.6) is 5.75 Å². The third-order valence-electron chi connectivity index (χ3n) is 4.59. The fourth-order valence-electron chi connectivity index (χ4n) is 3.19. The second kappa shape index (κ2) is 4.08. The van der Waals surface area contributed by atoms with Crippen molar-refractivity contribution in [2.75, 3.05) is 0 Å². The molecular weight excluding hydrogens is 258 g/mol. The molecule has 2 aliphatic rings. The molecule has 0 aromatic heterocycles. The Bertz CT molecular complexity index is 908. The lowest BCUT2D eigenvalue weighted by atomic mass is 9.97. The fourth-order valence-corrected chi connectivity index (χ4v) is 3.19. The van der Waals surface area contributed by atoms with Gasteiger partial charge in [0.1, 0.15) is 5.75 Å². The largest absolute Gasteiger partial charge is 0.458 e. The highest BCUT2D eigenvalue weighted by Crippen LogP contribution is 2.36. The Balaban J connectivity index is 1.98. The molecule has 104 valence electrons. The molecule has 0 fully saturated rings. The molecular formula is C19H17NO. The lowest BCUT2D eigenvalue weighted by molar-refractivity contribution is 0.186. The second-order valence-electron chi connectivity index (χ2n) is 5.81. The highest BCUT2D eigenvalue weighted by molar-refractivity contribution is 5.70. The average Bonchev–Trinajstić information content (AvgIpc) is 2.76. The quantitative estimate of drug-likeness (QED) is 0.724. The average molecular weight is 275 g/mol. The topological polar surface area (TPSA) is 21.6 Å². The second-order valence-corrected chi connectivity index (χ2v) is 5.81. The van der Waals surface area contributed by atoms with Crippen molar-refractivity contribution in [3.8, 4) is 5.75 Å². The number of aryl methyl sites for hydroxylation is 1. The summed E-state index contributed by atoms with van der Waals surface area (Å²) in [5, 5.41) is 2.26. The van der Waals surface area contributed by atoms with E-state index in [-0.39, 0.29) is 0 Å². The summed E-state index contributed by atoms with van der Waals surface area (Å²) < 4.78 is 6.28. The summed E-state index contributed by atoms with van der Waals surface area (Å²) in [6.45, 7) is 6.42. The first-order valence-corrected chi connectivity index (χ1v) is 7.25. The van der Waals surface area contributed by atoms with Crippen LogP contribution in [-0.2, 0) is 0 Å². The Morgan fingerprint density at radius 1 is 1.00 bits per heavy atom. The number of fused-ring (bicyclic) bond motifs is 2. The minimum absolute atomic E-state index is 0.671. The van der Waals surface area contributed by atoms with Gasteiger partial charge in [-0.3, -0.25) is 0 Å². The minimum atomic E-state index is -0.671. The molecule has 1 atom stereocenters. The van der Waals surface area contributed by atoms with Crippen LogP contribution in [0.4, 0.5) is 0 Å². The molecule has 2 heteroatoms. The van der Waals surface area contributed by atoms with E-state index in [1.807, 2.05) is 18.2 Å². The predicted molar refractivity (Wildman–Crippen MR) is 84.6 cm³/mol. The summed E-state index contributed by atoms with van der Waals surface area (Å²) in [5.41, 5.74) is 4.19. The van der Waals surface area contributed by atoms with Crippen LogP contribution < -0.4 is 15.3 Å². The fraction of sp³-hybridized carbons (Fsp3) is 0.211. The van der Waals surface area contributed by atoms with Crippen molar-refractivity contribution < 1.29 is 4.74 Å². The Morgan fingerprint density at radius 2 is 1.81 bits per heavy atom. The van der Waals surface area contributed by atoms with Crippen LogP contribution in [-0.4, -0.2) is 5.72 Å². The molecule has 0 aliphatic carbocycles. The number of hydrogen-bond donors (Lipinski definition) is 0. The molecule has 0 N–H and O–H groups in total. The van der Waals surface area contributed by atoms with Crippen molar-refractivity contribution >= 4 is 11.6 Å². The van der Waals surface area contributed by atoms with Crippen LogP contribution in [0.25, 0.3) is 11.6 Å². The number of rotatable bonds is 0. The van der Waals surface area contributed by atoms with E-state index in [1.54, 1.807) is 0 Å². The molecule has 2 heterocycles. The Morgan fingerprint density at radius 3 is 2.67 bits per heavy atom. The van der Waals surface area contributed by atoms with E-state index in [0.29, 0.717) is 0 Å². The van der Waals surface area contributed by atoms with E-state index >= 15 is 0 Å². The van der Waals surface area contributed by atoms with Crippen LogP contribution in [0, 0.1) is 13.8 Å². The van der Waals surface area contributed by atoms with Gasteiger partial charge in [-0.05, 0) is 56.2 Å². The van der Waals surface area contributed by atoms with E-state index in [9.17, 15) is 0 Å². The van der Waals surface area contributed by atoms with Gasteiger partial charge in [-0.1, -0.05) is 24.3 Å². The number of ether oxygens (including phenoxy) is 1. The van der Waals surface area contributed by atoms with Gasteiger partial charge in [0.15, 0.2) is 0 Å². The van der Waals surface area contributed by atoms with Gasteiger partial charge in [0.25, 0.3) is 0 Å². The van der Waals surface area contributed by atoms with Crippen molar-refractivity contribution in [1.29, 1.82) is 0 Å². The maximum atomic E-state index is 6.28. The van der Waals surface area contributed by atoms with Crippen LogP contribution in [0.2, 0.25) is 0 Å². The van der Waals surface area contributed by atoms with Gasteiger partial charge in [-0.25, -0.2) is 4.99 Å². The molecule has 0 saturated heterocycles. The molecule has 0 radical (unpaired) electrons. The summed E-state index contributed by atoms with van der Waals surface area (Å²) in [6.07, 6.45) is 4.18. The van der Waals surface area contributed by atoms with Crippen LogP contribution in [0.1, 0.15) is 23.6 Å². The molecule has 0 bridgehead atoms. The Labute approximate surface area is 124 Å². The third-order valence-corrected chi connectivity index (χ3v) is 4.59. The smallest absolute Gasteiger partial charge is 0.243 e. The van der Waals surface area contributed by atoms with Gasteiger partial charge in [0.05, 0.1) is 5.36 Å². The van der Waals surface area contributed by atoms with E-state index in [2.05, 4.69) is 51.1 Å². The maximum absolute atomic E-state index is 6.28. The van der Waals surface area contributed by atoms with Crippen LogP contribution >= 0.6 is 0 Å². The molecule has 0 amide bonds. The van der Waals surface area contributed by atoms with Crippen LogP contribution in [0.3, 0.4) is 0 Å². The molecule has 2 aromatic rings. The maximum Gasteiger partial charge on any atom is 0.243 e. The van der Waals surface area contributed by atoms with Gasteiger partial charge >= 0.3 is 0 Å². The number of nitrogens with zero attached hydrogens (tertiary/aromatic N) is 1. The van der Waals surface area contributed by atoms with Crippen LogP contribution in [0.15, 0.2) is 47.5 Å². The Hall–Kier alpha value is -2.35. The zero-order valence-corrected chi connectivity index (χ0v) is 12.5. The minimum Gasteiger partial charge on any atom is -0.458 e. The molecule has 2 aliphatic heterocycles. The number of benzene rings is 2. The summed E-state index contributed by atoms with van der Waals surface area (Å²) in [4.78, 5) is 4.88. The lowest BCUT2D eigenvalue weighted by Crippen LogP contribution is -2.34. The Kier molecular flexibility index (Phi) is 2.41. The van der Waals surface area contributed by atoms with E-state index in [1.165, 1.54) is 21.9 Å². The normalized spacial score (nSPS) is 21.8. The van der Waals surface area contributed by atoms with Gasteiger partial charge in [0.2, 0.25) is 5.72 Å². The van der Waals surface area contributed by atoms with Crippen molar-refractivity contribution in [2.45, 2.75) is 26.5 Å². The van der Waals surface area contributed by atoms with E-state index in [0.717, 1.165) is 16.7 Å². The SMILES string of the molecule is CC1=c2c(C)c(C)ccc2=NC12C=Cc1ccccc1O2. The number of para-hydroxylation sites is 1. The zero-order valence-electron chi connectivity index (χ0n) is 12.5. The molecule has 4 rings (SSSR count). The van der Waals surface area contributed by atoms with Crippen molar-refractivity contribution in [3.05, 3.63) is 69.7 Å². The third kappa shape index (κ3) is 1.62. The van der Waals surface area contributed by atoms with Crippen molar-refractivity contribution in [1.82, 2.24) is 0 Å². The molecule has 0 saturated carbocycles. The monoisotopic (exact) mass is 275 g/mol. The predicted octanol–water partition coefficient (Wildman–Crippen LogP) is 2.91. The zero-order chi connectivity index (χ0) is 14.6. The first kappa shape index (κ1) is 12.4. The van der Waals surface area contributed by atoms with Gasteiger partial charge in [-0.15, -0.1) is 0 Å². The summed E-state index contributed by atoms with van der Waals surface area (Å²) in [6, 6.07) is 12.3. The van der Waals surface area contributed by atoms with Gasteiger partial charge < -0.3 is 4.74 Å². The van der Waals surface area contributed by atoms with Gasteiger partial charge in [0, 0.05) is 16.4 Å². The summed E-state index contributed by atoms with van der Waals surface area (Å²) in [7, 11) is 0. The standard InChI is InChI=1S/C19H17NO/c1-12-8-9-16-18(13(12)2)14(3)19(20-16)11-10-15-6-4-5-7-17(15)21-19/h4-11H,1-3H3. The highest BCUT2D eigenvalue weighted by atomic mass is 16.5. The summed E-state index contributed by atoms with van der Waals surface area (Å²) in [5.74, 6) is 0.894. The molecule has 21 heavy (non-hydrogen) atoms. The van der Waals surface area contributed by atoms with Crippen molar-refractivity contribution in [3.63, 3.8) is 0 Å². The molecule has 1 spiro atoms. The van der Waals surface area contributed by atoms with Crippen molar-refractivity contribution in [2.24, 2.45) is 4.99 Å². The van der Waals surface area contributed by atoms with E-state index in [4.69, 9.17) is 9.73 Å². The first-order valence-electron chi connectivity index (χ1n) is 7.25. The first-order chi connectivity index (χ1) is 10.1. The lowest BCUT2D eigenvalue weighted by Gasteiger charge is -2.30. The molecule has 2 nitrogen and oxygen atoms in total. The molecule has 2 aromatic carbocycles.